The number of carbonyl (C=O) groups is 1. The fraction of sp³-hybridized carbons (Fsp3) is 0.478. The molecule has 27 heavy (non-hydrogen) atoms. The maximum absolute atomic E-state index is 10.6. The first-order valence-corrected chi connectivity index (χ1v) is 10.1. The zero-order chi connectivity index (χ0) is 18.4. The molecule has 0 radical (unpaired) electrons. The van der Waals surface area contributed by atoms with Gasteiger partial charge in [0.25, 0.3) is 0 Å². The summed E-state index contributed by atoms with van der Waals surface area (Å²) in [7, 11) is 0. The minimum Gasteiger partial charge on any atom is -0.478 e. The first-order chi connectivity index (χ1) is 13.1. The summed E-state index contributed by atoms with van der Waals surface area (Å²) in [5, 5.41) is 8.72. The second-order valence-corrected chi connectivity index (χ2v) is 9.02. The minimum atomic E-state index is -0.924. The van der Waals surface area contributed by atoms with Gasteiger partial charge >= 0.3 is 5.97 Å². The van der Waals surface area contributed by atoms with Gasteiger partial charge in [-0.3, -0.25) is 0 Å². The lowest BCUT2D eigenvalue weighted by Crippen LogP contribution is -2.48. The van der Waals surface area contributed by atoms with Gasteiger partial charge in [0.15, 0.2) is 0 Å². The highest BCUT2D eigenvalue weighted by molar-refractivity contribution is 5.85. The number of carboxylic acid groups (broad SMARTS) is 1. The van der Waals surface area contributed by atoms with Gasteiger partial charge in [-0.2, -0.15) is 0 Å². The molecule has 0 aliphatic heterocycles. The molecule has 4 fully saturated rings. The molecule has 2 N–H and O–H groups in total. The predicted molar refractivity (Wildman–Crippen MR) is 104 cm³/mol. The summed E-state index contributed by atoms with van der Waals surface area (Å²) < 4.78 is 0. The Labute approximate surface area is 159 Å². The van der Waals surface area contributed by atoms with E-state index in [9.17, 15) is 4.79 Å². The summed E-state index contributed by atoms with van der Waals surface area (Å²) in [5.41, 5.74) is 3.73. The topological polar surface area (TPSA) is 66.0 Å². The first-order valence-electron chi connectivity index (χ1n) is 10.1. The molecule has 4 bridgehead atoms. The van der Waals surface area contributed by atoms with Crippen LogP contribution < -0.4 is 0 Å². The number of nitrogens with zero attached hydrogens (tertiary/aromatic N) is 1. The lowest BCUT2D eigenvalue weighted by molar-refractivity contribution is -0.131. The van der Waals surface area contributed by atoms with E-state index in [4.69, 9.17) is 10.1 Å². The third-order valence-electron chi connectivity index (χ3n) is 6.98. The van der Waals surface area contributed by atoms with Crippen LogP contribution in [-0.4, -0.2) is 21.0 Å². The molecule has 4 aliphatic rings. The first kappa shape index (κ1) is 16.8. The third-order valence-corrected chi connectivity index (χ3v) is 6.98. The van der Waals surface area contributed by atoms with Crippen LogP contribution in [0.2, 0.25) is 0 Å². The van der Waals surface area contributed by atoms with Crippen molar-refractivity contribution in [3.63, 3.8) is 0 Å². The van der Waals surface area contributed by atoms with Crippen molar-refractivity contribution in [3.8, 4) is 0 Å². The van der Waals surface area contributed by atoms with Gasteiger partial charge in [-0.1, -0.05) is 24.3 Å². The van der Waals surface area contributed by atoms with Crippen molar-refractivity contribution < 1.29 is 9.90 Å². The van der Waals surface area contributed by atoms with Crippen LogP contribution in [0.15, 0.2) is 36.5 Å². The highest BCUT2D eigenvalue weighted by atomic mass is 16.4. The molecule has 4 nitrogen and oxygen atoms in total. The van der Waals surface area contributed by atoms with E-state index in [2.05, 4.69) is 23.3 Å². The fourth-order valence-electron chi connectivity index (χ4n) is 6.26. The van der Waals surface area contributed by atoms with E-state index in [1.54, 1.807) is 6.08 Å². The summed E-state index contributed by atoms with van der Waals surface area (Å²) in [5.74, 6) is 2.91. The minimum absolute atomic E-state index is 0.342. The van der Waals surface area contributed by atoms with E-state index in [0.717, 1.165) is 35.6 Å². The van der Waals surface area contributed by atoms with Crippen molar-refractivity contribution in [2.75, 3.05) is 0 Å². The summed E-state index contributed by atoms with van der Waals surface area (Å²) in [6, 6.07) is 8.01. The zero-order valence-corrected chi connectivity index (χ0v) is 15.5. The maximum atomic E-state index is 10.6. The van der Waals surface area contributed by atoms with Gasteiger partial charge in [-0.15, -0.1) is 0 Å². The van der Waals surface area contributed by atoms with Crippen LogP contribution >= 0.6 is 0 Å². The fourth-order valence-corrected chi connectivity index (χ4v) is 6.26. The third kappa shape index (κ3) is 3.22. The number of benzene rings is 1. The van der Waals surface area contributed by atoms with Crippen molar-refractivity contribution in [2.24, 2.45) is 17.8 Å². The van der Waals surface area contributed by atoms with Gasteiger partial charge in [-0.05, 0) is 73.5 Å². The molecular formula is C23H26N2O2. The molecule has 1 heterocycles. The predicted octanol–water partition coefficient (Wildman–Crippen LogP) is 4.57. The van der Waals surface area contributed by atoms with Crippen LogP contribution in [-0.2, 0) is 16.6 Å². The Balaban J connectivity index is 1.31. The molecule has 0 saturated heterocycles. The van der Waals surface area contributed by atoms with E-state index in [1.165, 1.54) is 55.9 Å². The molecule has 4 heteroatoms. The molecule has 4 saturated carbocycles. The molecule has 6 rings (SSSR count). The van der Waals surface area contributed by atoms with Crippen LogP contribution in [0.25, 0.3) is 6.08 Å². The molecule has 0 spiro atoms. The van der Waals surface area contributed by atoms with Gasteiger partial charge in [0.2, 0.25) is 0 Å². The summed E-state index contributed by atoms with van der Waals surface area (Å²) in [4.78, 5) is 19.1. The van der Waals surface area contributed by atoms with Crippen LogP contribution in [0, 0.1) is 17.8 Å². The number of hydrogen-bond acceptors (Lipinski definition) is 2. The highest BCUT2D eigenvalue weighted by Gasteiger charge is 2.52. The average molecular weight is 362 g/mol. The Hall–Kier alpha value is -2.36. The van der Waals surface area contributed by atoms with Gasteiger partial charge in [-0.25, -0.2) is 9.78 Å². The van der Waals surface area contributed by atoms with Crippen LogP contribution in [0.4, 0.5) is 0 Å². The van der Waals surface area contributed by atoms with E-state index < -0.39 is 5.97 Å². The van der Waals surface area contributed by atoms with E-state index >= 15 is 0 Å². The number of aromatic nitrogens is 2. The molecule has 4 aliphatic carbocycles. The number of nitrogens with one attached hydrogen (secondary N) is 1. The summed E-state index contributed by atoms with van der Waals surface area (Å²) in [6.07, 6.45) is 14.1. The van der Waals surface area contributed by atoms with E-state index in [-0.39, 0.29) is 0 Å². The monoisotopic (exact) mass is 362 g/mol. The molecule has 1 aromatic heterocycles. The van der Waals surface area contributed by atoms with Crippen molar-refractivity contribution in [3.05, 3.63) is 59.2 Å². The molecule has 140 valence electrons. The molecular weight excluding hydrogens is 336 g/mol. The second-order valence-electron chi connectivity index (χ2n) is 9.02. The molecule has 1 aromatic carbocycles. The van der Waals surface area contributed by atoms with Gasteiger partial charge < -0.3 is 10.1 Å². The lowest BCUT2D eigenvalue weighted by Gasteiger charge is -2.56. The van der Waals surface area contributed by atoms with Crippen molar-refractivity contribution in [1.82, 2.24) is 9.97 Å². The normalized spacial score (nSPS) is 31.6. The Morgan fingerprint density at radius 3 is 2.33 bits per heavy atom. The van der Waals surface area contributed by atoms with E-state index in [0.29, 0.717) is 5.41 Å². The Morgan fingerprint density at radius 2 is 1.74 bits per heavy atom. The SMILES string of the molecule is O=C(O)/C=C/c1ccc(Cc2nc(C34CC5CC(CC(C5)C3)C4)c[nH]2)cc1. The van der Waals surface area contributed by atoms with Crippen molar-refractivity contribution >= 4 is 12.0 Å². The van der Waals surface area contributed by atoms with Gasteiger partial charge in [0.1, 0.15) is 5.82 Å². The second kappa shape index (κ2) is 6.36. The molecule has 0 atom stereocenters. The quantitative estimate of drug-likeness (QED) is 0.766. The van der Waals surface area contributed by atoms with E-state index in [1.807, 2.05) is 12.1 Å². The molecule has 0 amide bonds. The number of carboxylic acids is 1. The van der Waals surface area contributed by atoms with Gasteiger partial charge in [0.05, 0.1) is 5.69 Å². The standard InChI is InChI=1S/C23H26N2O2/c26-22(27)6-5-15-1-3-16(4-2-15)10-21-24-14-20(25-21)23-11-17-7-18(12-23)9-19(8-17)13-23/h1-6,14,17-19H,7-13H2,(H,24,25)(H,26,27)/b6-5+. The molecule has 2 aromatic rings. The Morgan fingerprint density at radius 1 is 1.11 bits per heavy atom. The number of imidazole rings is 1. The van der Waals surface area contributed by atoms with Crippen LogP contribution in [0.5, 0.6) is 0 Å². The zero-order valence-electron chi connectivity index (χ0n) is 15.5. The van der Waals surface area contributed by atoms with Gasteiger partial charge in [0, 0.05) is 24.1 Å². The average Bonchev–Trinajstić information content (AvgIpc) is 3.09. The largest absolute Gasteiger partial charge is 0.478 e. The summed E-state index contributed by atoms with van der Waals surface area (Å²) >= 11 is 0. The summed E-state index contributed by atoms with van der Waals surface area (Å²) in [6.45, 7) is 0. The van der Waals surface area contributed by atoms with Crippen LogP contribution in [0.3, 0.4) is 0 Å². The number of rotatable bonds is 5. The lowest BCUT2D eigenvalue weighted by atomic mass is 9.49. The number of hydrogen-bond donors (Lipinski definition) is 2. The number of aromatic amines is 1. The molecule has 0 unspecified atom stereocenters. The number of aliphatic carboxylic acids is 1. The van der Waals surface area contributed by atoms with Crippen molar-refractivity contribution in [1.29, 1.82) is 0 Å². The highest BCUT2D eigenvalue weighted by Crippen LogP contribution is 2.60. The maximum Gasteiger partial charge on any atom is 0.328 e. The number of H-pyrrole nitrogens is 1. The van der Waals surface area contributed by atoms with Crippen molar-refractivity contribution in [2.45, 2.75) is 50.4 Å². The smallest absolute Gasteiger partial charge is 0.328 e. The Kier molecular flexibility index (Phi) is 3.96. The Bertz CT molecular complexity index is 843. The van der Waals surface area contributed by atoms with Crippen LogP contribution in [0.1, 0.15) is 61.2 Å².